The molecule has 1 saturated heterocycles. The molecule has 0 bridgehead atoms. The van der Waals surface area contributed by atoms with Crippen LogP contribution in [0.2, 0.25) is 10.0 Å². The van der Waals surface area contributed by atoms with Crippen LogP contribution in [0.25, 0.3) is 11.4 Å². The number of carbonyl (C=O) groups is 2. The molecule has 2 heterocycles. The van der Waals surface area contributed by atoms with Crippen molar-refractivity contribution in [2.45, 2.75) is 6.54 Å². The summed E-state index contributed by atoms with van der Waals surface area (Å²) in [6, 6.07) is 13.7. The van der Waals surface area contributed by atoms with Crippen LogP contribution in [0.1, 0.15) is 0 Å². The summed E-state index contributed by atoms with van der Waals surface area (Å²) in [6.07, 6.45) is 0. The number of aromatic nitrogens is 4. The number of aliphatic carboxylic acids is 1. The standard InChI is InChI=1S/C19H16Cl2N6O3/c20-13-7-4-8-14(15(13)21)22-18(30)26-9-19(10-26,17(28)29)11-27-24-16(23-25-27)12-5-2-1-3-6-12/h1-8H,9-11H2,(H,22,30)(H,28,29). The molecule has 0 unspecified atom stereocenters. The lowest BCUT2D eigenvalue weighted by Gasteiger charge is -2.46. The van der Waals surface area contributed by atoms with Gasteiger partial charge in [-0.1, -0.05) is 59.6 Å². The largest absolute Gasteiger partial charge is 0.481 e. The highest BCUT2D eigenvalue weighted by molar-refractivity contribution is 6.43. The molecule has 1 aliphatic rings. The predicted molar refractivity (Wildman–Crippen MR) is 110 cm³/mol. The highest BCUT2D eigenvalue weighted by Gasteiger charge is 2.52. The fourth-order valence-electron chi connectivity index (χ4n) is 3.21. The molecule has 1 aliphatic heterocycles. The van der Waals surface area contributed by atoms with E-state index in [9.17, 15) is 14.7 Å². The van der Waals surface area contributed by atoms with Crippen LogP contribution in [0.5, 0.6) is 0 Å². The van der Waals surface area contributed by atoms with Crippen molar-refractivity contribution in [3.63, 3.8) is 0 Å². The molecule has 4 rings (SSSR count). The van der Waals surface area contributed by atoms with Gasteiger partial charge in [0.2, 0.25) is 5.82 Å². The highest BCUT2D eigenvalue weighted by Crippen LogP contribution is 2.34. The summed E-state index contributed by atoms with van der Waals surface area (Å²) in [5, 5.41) is 25.1. The third-order valence-corrected chi connectivity index (χ3v) is 5.67. The van der Waals surface area contributed by atoms with Crippen LogP contribution in [0.15, 0.2) is 48.5 Å². The molecular weight excluding hydrogens is 431 g/mol. The van der Waals surface area contributed by atoms with E-state index in [4.69, 9.17) is 23.2 Å². The molecule has 3 aromatic rings. The van der Waals surface area contributed by atoms with Gasteiger partial charge in [-0.3, -0.25) is 4.79 Å². The molecule has 30 heavy (non-hydrogen) atoms. The van der Waals surface area contributed by atoms with Gasteiger partial charge in [0.15, 0.2) is 0 Å². The first-order chi connectivity index (χ1) is 14.4. The number of hydrogen-bond acceptors (Lipinski definition) is 5. The summed E-state index contributed by atoms with van der Waals surface area (Å²) in [7, 11) is 0. The first kappa shape index (κ1) is 20.1. The Hall–Kier alpha value is -3.17. The normalized spacial score (nSPS) is 14.8. The van der Waals surface area contributed by atoms with Crippen molar-refractivity contribution in [2.75, 3.05) is 18.4 Å². The molecule has 1 fully saturated rings. The monoisotopic (exact) mass is 446 g/mol. The summed E-state index contributed by atoms with van der Waals surface area (Å²) in [4.78, 5) is 27.0. The Morgan fingerprint density at radius 1 is 1.10 bits per heavy atom. The predicted octanol–water partition coefficient (Wildman–Crippen LogP) is 3.27. The summed E-state index contributed by atoms with van der Waals surface area (Å²) in [5.41, 5.74) is -0.0713. The van der Waals surface area contributed by atoms with Gasteiger partial charge in [0.1, 0.15) is 5.41 Å². The van der Waals surface area contributed by atoms with Crippen LogP contribution in [-0.2, 0) is 11.3 Å². The first-order valence-corrected chi connectivity index (χ1v) is 9.70. The molecule has 2 N–H and O–H groups in total. The first-order valence-electron chi connectivity index (χ1n) is 8.94. The second-order valence-corrected chi connectivity index (χ2v) is 7.77. The lowest BCUT2D eigenvalue weighted by Crippen LogP contribution is -2.64. The number of nitrogens with zero attached hydrogens (tertiary/aromatic N) is 5. The minimum absolute atomic E-state index is 0.00540. The zero-order valence-electron chi connectivity index (χ0n) is 15.5. The Morgan fingerprint density at radius 3 is 2.53 bits per heavy atom. The number of amides is 2. The Labute approximate surface area is 181 Å². The number of hydrogen-bond donors (Lipinski definition) is 2. The summed E-state index contributed by atoms with van der Waals surface area (Å²) >= 11 is 12.0. The summed E-state index contributed by atoms with van der Waals surface area (Å²) < 4.78 is 0. The van der Waals surface area contributed by atoms with E-state index in [2.05, 4.69) is 20.7 Å². The van der Waals surface area contributed by atoms with E-state index < -0.39 is 17.4 Å². The maximum absolute atomic E-state index is 12.5. The Kier molecular flexibility index (Phi) is 5.31. The molecule has 11 heteroatoms. The van der Waals surface area contributed by atoms with Crippen LogP contribution in [0.3, 0.4) is 0 Å². The number of urea groups is 1. The van der Waals surface area contributed by atoms with Gasteiger partial charge in [-0.25, -0.2) is 4.79 Å². The number of anilines is 1. The molecule has 1 aromatic heterocycles. The fourth-order valence-corrected chi connectivity index (χ4v) is 3.56. The third kappa shape index (κ3) is 3.81. The summed E-state index contributed by atoms with van der Waals surface area (Å²) in [6.45, 7) is -0.0208. The van der Waals surface area contributed by atoms with Crippen molar-refractivity contribution in [1.82, 2.24) is 25.1 Å². The van der Waals surface area contributed by atoms with Crippen molar-refractivity contribution < 1.29 is 14.7 Å². The lowest BCUT2D eigenvalue weighted by molar-refractivity contribution is -0.159. The second kappa shape index (κ2) is 7.92. The van der Waals surface area contributed by atoms with Crippen molar-refractivity contribution in [2.24, 2.45) is 5.41 Å². The van der Waals surface area contributed by atoms with Crippen LogP contribution in [0, 0.1) is 5.41 Å². The average Bonchev–Trinajstić information content (AvgIpc) is 3.17. The number of benzene rings is 2. The quantitative estimate of drug-likeness (QED) is 0.621. The minimum Gasteiger partial charge on any atom is -0.481 e. The molecule has 154 valence electrons. The molecule has 0 saturated carbocycles. The van der Waals surface area contributed by atoms with E-state index in [1.165, 1.54) is 9.70 Å². The Balaban J connectivity index is 1.43. The van der Waals surface area contributed by atoms with E-state index in [-0.39, 0.29) is 24.7 Å². The number of carboxylic acid groups (broad SMARTS) is 1. The maximum Gasteiger partial charge on any atom is 0.321 e. The van der Waals surface area contributed by atoms with Gasteiger partial charge < -0.3 is 15.3 Å². The zero-order valence-corrected chi connectivity index (χ0v) is 17.0. The van der Waals surface area contributed by atoms with Gasteiger partial charge in [0.25, 0.3) is 0 Å². The van der Waals surface area contributed by atoms with Crippen molar-refractivity contribution >= 4 is 40.9 Å². The van der Waals surface area contributed by atoms with E-state index in [1.54, 1.807) is 18.2 Å². The zero-order chi connectivity index (χ0) is 21.3. The topological polar surface area (TPSA) is 113 Å². The molecule has 9 nitrogen and oxygen atoms in total. The van der Waals surface area contributed by atoms with Gasteiger partial charge in [-0.2, -0.15) is 4.80 Å². The number of nitrogens with one attached hydrogen (secondary N) is 1. The van der Waals surface area contributed by atoms with Crippen LogP contribution < -0.4 is 5.32 Å². The number of carboxylic acids is 1. The third-order valence-electron chi connectivity index (χ3n) is 4.85. The van der Waals surface area contributed by atoms with Crippen LogP contribution in [0.4, 0.5) is 10.5 Å². The molecule has 0 radical (unpaired) electrons. The van der Waals surface area contributed by atoms with Gasteiger partial charge >= 0.3 is 12.0 Å². The SMILES string of the molecule is O=C(Nc1cccc(Cl)c1Cl)N1CC(Cn2nnc(-c3ccccc3)n2)(C(=O)O)C1. The molecular formula is C19H16Cl2N6O3. The van der Waals surface area contributed by atoms with Gasteiger partial charge in [-0.05, 0) is 17.3 Å². The smallest absolute Gasteiger partial charge is 0.321 e. The molecule has 0 spiro atoms. The fraction of sp³-hybridized carbons (Fsp3) is 0.211. The van der Waals surface area contributed by atoms with Gasteiger partial charge in [-0.15, -0.1) is 10.2 Å². The van der Waals surface area contributed by atoms with E-state index in [0.29, 0.717) is 16.5 Å². The molecule has 0 aliphatic carbocycles. The summed E-state index contributed by atoms with van der Waals surface area (Å²) in [5.74, 6) is -0.633. The highest BCUT2D eigenvalue weighted by atomic mass is 35.5. The lowest BCUT2D eigenvalue weighted by atomic mass is 9.80. The second-order valence-electron chi connectivity index (χ2n) is 6.98. The molecule has 0 atom stereocenters. The Bertz CT molecular complexity index is 1100. The minimum atomic E-state index is -1.20. The van der Waals surface area contributed by atoms with Crippen molar-refractivity contribution in [1.29, 1.82) is 0 Å². The van der Waals surface area contributed by atoms with Gasteiger partial charge in [0, 0.05) is 18.7 Å². The van der Waals surface area contributed by atoms with E-state index in [0.717, 1.165) is 5.56 Å². The molecule has 2 aromatic carbocycles. The molecule has 2 amide bonds. The Morgan fingerprint density at radius 2 is 1.83 bits per heavy atom. The van der Waals surface area contributed by atoms with Crippen molar-refractivity contribution in [3.8, 4) is 11.4 Å². The maximum atomic E-state index is 12.5. The number of likely N-dealkylation sites (tertiary alicyclic amines) is 1. The van der Waals surface area contributed by atoms with E-state index in [1.807, 2.05) is 30.3 Å². The van der Waals surface area contributed by atoms with Gasteiger partial charge in [0.05, 0.1) is 22.3 Å². The van der Waals surface area contributed by atoms with Crippen LogP contribution >= 0.6 is 23.2 Å². The number of tetrazole rings is 1. The number of rotatable bonds is 5. The van der Waals surface area contributed by atoms with E-state index >= 15 is 0 Å². The van der Waals surface area contributed by atoms with Crippen LogP contribution in [-0.4, -0.2) is 55.3 Å². The average molecular weight is 447 g/mol. The number of carbonyl (C=O) groups excluding carboxylic acids is 1. The number of halogens is 2. The van der Waals surface area contributed by atoms with Crippen molar-refractivity contribution in [3.05, 3.63) is 58.6 Å².